The van der Waals surface area contributed by atoms with Gasteiger partial charge in [0.05, 0.1) is 17.2 Å². The number of aliphatic imine (C=N–C) groups is 1. The van der Waals surface area contributed by atoms with Crippen molar-refractivity contribution in [2.24, 2.45) is 4.99 Å². The van der Waals surface area contributed by atoms with E-state index in [4.69, 9.17) is 9.73 Å². The Labute approximate surface area is 171 Å². The minimum atomic E-state index is 0.00129. The standard InChI is InChI=1S/C23H26N2O2S/c1-5-13-27-20-11-8-18(9-12-20)15-21-22(26)25(6-2)23(28-21)24-19-10-7-16(3)17(4)14-19/h7-12,14-15H,5-6,13H2,1-4H3/b21-15+,24-23?. The zero-order chi connectivity index (χ0) is 20.1. The number of rotatable bonds is 6. The van der Waals surface area contributed by atoms with Crippen molar-refractivity contribution >= 4 is 34.6 Å². The molecule has 0 aromatic heterocycles. The molecule has 0 atom stereocenters. The monoisotopic (exact) mass is 394 g/mol. The molecule has 1 amide bonds. The van der Waals surface area contributed by atoms with E-state index in [-0.39, 0.29) is 5.91 Å². The SMILES string of the molecule is CCCOc1ccc(/C=C2/SC(=Nc3ccc(C)c(C)c3)N(CC)C2=O)cc1. The Morgan fingerprint density at radius 1 is 1.07 bits per heavy atom. The van der Waals surface area contributed by atoms with Gasteiger partial charge in [0.2, 0.25) is 0 Å². The summed E-state index contributed by atoms with van der Waals surface area (Å²) in [4.78, 5) is 19.9. The van der Waals surface area contributed by atoms with Crippen LogP contribution in [0.4, 0.5) is 5.69 Å². The predicted octanol–water partition coefficient (Wildman–Crippen LogP) is 5.72. The summed E-state index contributed by atoms with van der Waals surface area (Å²) in [6, 6.07) is 13.9. The van der Waals surface area contributed by atoms with Gasteiger partial charge in [0, 0.05) is 6.54 Å². The highest BCUT2D eigenvalue weighted by Crippen LogP contribution is 2.34. The van der Waals surface area contributed by atoms with Crippen LogP contribution in [0.5, 0.6) is 5.75 Å². The Kier molecular flexibility index (Phi) is 6.57. The van der Waals surface area contributed by atoms with E-state index in [0.29, 0.717) is 18.1 Å². The van der Waals surface area contributed by atoms with Crippen molar-refractivity contribution in [3.8, 4) is 5.75 Å². The highest BCUT2D eigenvalue weighted by atomic mass is 32.2. The van der Waals surface area contributed by atoms with Crippen molar-refractivity contribution in [2.75, 3.05) is 13.2 Å². The summed E-state index contributed by atoms with van der Waals surface area (Å²) in [7, 11) is 0. The summed E-state index contributed by atoms with van der Waals surface area (Å²) in [5, 5.41) is 0.727. The molecule has 3 rings (SSSR count). The molecule has 0 radical (unpaired) electrons. The maximum Gasteiger partial charge on any atom is 0.266 e. The molecule has 0 unspecified atom stereocenters. The number of hydrogen-bond donors (Lipinski definition) is 0. The third-order valence-corrected chi connectivity index (χ3v) is 5.58. The fraction of sp³-hybridized carbons (Fsp3) is 0.304. The quantitative estimate of drug-likeness (QED) is 0.589. The van der Waals surface area contributed by atoms with Crippen molar-refractivity contribution in [2.45, 2.75) is 34.1 Å². The Hall–Kier alpha value is -2.53. The van der Waals surface area contributed by atoms with E-state index in [9.17, 15) is 4.79 Å². The van der Waals surface area contributed by atoms with E-state index < -0.39 is 0 Å². The summed E-state index contributed by atoms with van der Waals surface area (Å²) in [6.07, 6.45) is 2.90. The molecule has 1 saturated heterocycles. The van der Waals surface area contributed by atoms with Gasteiger partial charge < -0.3 is 4.74 Å². The molecule has 1 aliphatic heterocycles. The number of nitrogens with zero attached hydrogens (tertiary/aromatic N) is 2. The fourth-order valence-electron chi connectivity index (χ4n) is 2.81. The summed E-state index contributed by atoms with van der Waals surface area (Å²) >= 11 is 1.43. The van der Waals surface area contributed by atoms with Crippen LogP contribution >= 0.6 is 11.8 Å². The van der Waals surface area contributed by atoms with Crippen LogP contribution in [0.2, 0.25) is 0 Å². The van der Waals surface area contributed by atoms with Gasteiger partial charge in [-0.3, -0.25) is 9.69 Å². The second kappa shape index (κ2) is 9.11. The number of ether oxygens (including phenoxy) is 1. The lowest BCUT2D eigenvalue weighted by Crippen LogP contribution is -2.28. The van der Waals surface area contributed by atoms with Crippen molar-refractivity contribution < 1.29 is 9.53 Å². The zero-order valence-corrected chi connectivity index (χ0v) is 17.7. The Morgan fingerprint density at radius 3 is 2.46 bits per heavy atom. The third kappa shape index (κ3) is 4.65. The summed E-state index contributed by atoms with van der Waals surface area (Å²) in [5.74, 6) is 0.850. The number of amides is 1. The van der Waals surface area contributed by atoms with E-state index in [1.54, 1.807) is 4.90 Å². The molecular formula is C23H26N2O2S. The van der Waals surface area contributed by atoms with Crippen LogP contribution in [0.25, 0.3) is 6.08 Å². The summed E-state index contributed by atoms with van der Waals surface area (Å²) in [5.41, 5.74) is 4.28. The molecule has 28 heavy (non-hydrogen) atoms. The second-order valence-electron chi connectivity index (χ2n) is 6.74. The molecule has 5 heteroatoms. The van der Waals surface area contributed by atoms with Crippen molar-refractivity contribution in [3.05, 3.63) is 64.1 Å². The van der Waals surface area contributed by atoms with Crippen LogP contribution < -0.4 is 4.74 Å². The first-order valence-electron chi connectivity index (χ1n) is 9.62. The van der Waals surface area contributed by atoms with Gasteiger partial charge >= 0.3 is 0 Å². The summed E-state index contributed by atoms with van der Waals surface area (Å²) < 4.78 is 5.62. The van der Waals surface area contributed by atoms with Crippen LogP contribution in [0.3, 0.4) is 0 Å². The van der Waals surface area contributed by atoms with E-state index in [2.05, 4.69) is 32.9 Å². The van der Waals surface area contributed by atoms with Gasteiger partial charge in [-0.2, -0.15) is 0 Å². The molecule has 2 aromatic rings. The molecule has 1 heterocycles. The molecule has 146 valence electrons. The average Bonchev–Trinajstić information content (AvgIpc) is 2.98. The van der Waals surface area contributed by atoms with E-state index in [1.165, 1.54) is 22.9 Å². The number of thioether (sulfide) groups is 1. The molecule has 1 aliphatic rings. The number of hydrogen-bond acceptors (Lipinski definition) is 4. The van der Waals surface area contributed by atoms with Crippen LogP contribution in [0.15, 0.2) is 52.4 Å². The van der Waals surface area contributed by atoms with Crippen LogP contribution in [-0.2, 0) is 4.79 Å². The van der Waals surface area contributed by atoms with Gasteiger partial charge in [-0.1, -0.05) is 25.1 Å². The van der Waals surface area contributed by atoms with Gasteiger partial charge in [-0.05, 0) is 86.0 Å². The fourth-order valence-corrected chi connectivity index (χ4v) is 3.87. The third-order valence-electron chi connectivity index (χ3n) is 4.57. The molecule has 0 spiro atoms. The Balaban J connectivity index is 1.83. The number of aryl methyl sites for hydroxylation is 2. The predicted molar refractivity (Wildman–Crippen MR) is 118 cm³/mol. The molecule has 4 nitrogen and oxygen atoms in total. The minimum Gasteiger partial charge on any atom is -0.494 e. The van der Waals surface area contributed by atoms with Crippen LogP contribution in [0, 0.1) is 13.8 Å². The van der Waals surface area contributed by atoms with Gasteiger partial charge in [0.25, 0.3) is 5.91 Å². The number of carbonyl (C=O) groups excluding carboxylic acids is 1. The first-order chi connectivity index (χ1) is 13.5. The van der Waals surface area contributed by atoms with Crippen molar-refractivity contribution in [1.82, 2.24) is 4.90 Å². The number of likely N-dealkylation sites (N-methyl/N-ethyl adjacent to an activating group) is 1. The Bertz CT molecular complexity index is 917. The second-order valence-corrected chi connectivity index (χ2v) is 7.75. The lowest BCUT2D eigenvalue weighted by Gasteiger charge is -2.12. The largest absolute Gasteiger partial charge is 0.494 e. The maximum atomic E-state index is 12.8. The van der Waals surface area contributed by atoms with E-state index in [1.807, 2.05) is 43.3 Å². The van der Waals surface area contributed by atoms with E-state index >= 15 is 0 Å². The smallest absolute Gasteiger partial charge is 0.266 e. The molecule has 0 N–H and O–H groups in total. The topological polar surface area (TPSA) is 41.9 Å². The van der Waals surface area contributed by atoms with Crippen LogP contribution in [-0.4, -0.2) is 29.1 Å². The highest BCUT2D eigenvalue weighted by molar-refractivity contribution is 8.18. The minimum absolute atomic E-state index is 0.00129. The first kappa shape index (κ1) is 20.2. The van der Waals surface area contributed by atoms with Crippen LogP contribution in [0.1, 0.15) is 37.0 Å². The average molecular weight is 395 g/mol. The van der Waals surface area contributed by atoms with E-state index in [0.717, 1.165) is 28.6 Å². The number of benzene rings is 2. The summed E-state index contributed by atoms with van der Waals surface area (Å²) in [6.45, 7) is 9.51. The molecule has 2 aromatic carbocycles. The first-order valence-corrected chi connectivity index (χ1v) is 10.4. The molecule has 0 aliphatic carbocycles. The van der Waals surface area contributed by atoms with Gasteiger partial charge in [-0.25, -0.2) is 4.99 Å². The zero-order valence-electron chi connectivity index (χ0n) is 16.9. The Morgan fingerprint density at radius 2 is 1.82 bits per heavy atom. The van der Waals surface area contributed by atoms with Gasteiger partial charge in [0.15, 0.2) is 5.17 Å². The van der Waals surface area contributed by atoms with Crippen molar-refractivity contribution in [3.63, 3.8) is 0 Å². The van der Waals surface area contributed by atoms with Gasteiger partial charge in [0.1, 0.15) is 5.75 Å². The van der Waals surface area contributed by atoms with Gasteiger partial charge in [-0.15, -0.1) is 0 Å². The highest BCUT2D eigenvalue weighted by Gasteiger charge is 2.32. The molecule has 1 fully saturated rings. The number of amidine groups is 1. The lowest BCUT2D eigenvalue weighted by atomic mass is 10.1. The lowest BCUT2D eigenvalue weighted by molar-refractivity contribution is -0.122. The molecular weight excluding hydrogens is 368 g/mol. The normalized spacial score (nSPS) is 17.0. The number of carbonyl (C=O) groups is 1. The molecule has 0 saturated carbocycles. The van der Waals surface area contributed by atoms with Crippen molar-refractivity contribution in [1.29, 1.82) is 0 Å². The maximum absolute atomic E-state index is 12.8. The molecule has 0 bridgehead atoms.